The molecule has 10 heteroatoms. The maximum absolute atomic E-state index is 12.7. The topological polar surface area (TPSA) is 110 Å². The molecule has 0 radical (unpaired) electrons. The highest BCUT2D eigenvalue weighted by atomic mass is 32.2. The third-order valence-electron chi connectivity index (χ3n) is 4.46. The third-order valence-corrected chi connectivity index (χ3v) is 6.76. The molecule has 1 aliphatic heterocycles. The van der Waals surface area contributed by atoms with Gasteiger partial charge in [0.15, 0.2) is 0 Å². The van der Waals surface area contributed by atoms with Gasteiger partial charge in [-0.25, -0.2) is 13.6 Å². The fraction of sp³-hybridized carbons (Fsp3) is 0.136. The molecule has 3 N–H and O–H groups in total. The Hall–Kier alpha value is -2.79. The molecule has 7 nitrogen and oxygen atoms in total. The molecule has 1 heterocycles. The predicted octanol–water partition coefficient (Wildman–Crippen LogP) is 3.51. The number of thioether (sulfide) groups is 1. The smallest absolute Gasteiger partial charge is 0.266 e. The lowest BCUT2D eigenvalue weighted by atomic mass is 10.1. The standard InChI is InChI=1S/C22H21N3O4S3/c1-15(13-16-5-3-2-4-6-16)14-19-21(27)25(22(30)31-19)12-11-20(26)24-17-7-9-18(10-8-17)32(23,28)29/h2-10,13-14H,11-12H2,1H3,(H,24,26)(H2,23,28,29)/b15-13-,19-14-. The first kappa shape index (κ1) is 23.9. The van der Waals surface area contributed by atoms with Crippen molar-refractivity contribution in [3.05, 3.63) is 76.7 Å². The van der Waals surface area contributed by atoms with Crippen molar-refractivity contribution in [3.8, 4) is 0 Å². The quantitative estimate of drug-likeness (QED) is 0.457. The van der Waals surface area contributed by atoms with Crippen LogP contribution in [0.25, 0.3) is 6.08 Å². The van der Waals surface area contributed by atoms with Gasteiger partial charge in [0.05, 0.1) is 9.80 Å². The highest BCUT2D eigenvalue weighted by Crippen LogP contribution is 2.32. The normalized spacial score (nSPS) is 16.0. The minimum Gasteiger partial charge on any atom is -0.326 e. The molecule has 0 unspecified atom stereocenters. The van der Waals surface area contributed by atoms with Crippen molar-refractivity contribution in [1.29, 1.82) is 0 Å². The van der Waals surface area contributed by atoms with Gasteiger partial charge in [0.2, 0.25) is 15.9 Å². The zero-order chi connectivity index (χ0) is 23.3. The fourth-order valence-electron chi connectivity index (χ4n) is 2.92. The van der Waals surface area contributed by atoms with Crippen LogP contribution in [0.15, 0.2) is 76.0 Å². The van der Waals surface area contributed by atoms with Crippen LogP contribution in [0.5, 0.6) is 0 Å². The van der Waals surface area contributed by atoms with Gasteiger partial charge in [-0.3, -0.25) is 14.5 Å². The van der Waals surface area contributed by atoms with E-state index < -0.39 is 10.0 Å². The lowest BCUT2D eigenvalue weighted by molar-refractivity contribution is -0.122. The van der Waals surface area contributed by atoms with E-state index in [1.165, 1.54) is 40.9 Å². The van der Waals surface area contributed by atoms with Crippen molar-refractivity contribution in [2.45, 2.75) is 18.2 Å². The van der Waals surface area contributed by atoms with E-state index in [2.05, 4.69) is 5.32 Å². The summed E-state index contributed by atoms with van der Waals surface area (Å²) in [5.41, 5.74) is 2.37. The van der Waals surface area contributed by atoms with Gasteiger partial charge in [-0.15, -0.1) is 0 Å². The number of thiocarbonyl (C=S) groups is 1. The maximum Gasteiger partial charge on any atom is 0.266 e. The molecule has 0 saturated carbocycles. The Labute approximate surface area is 196 Å². The molecule has 0 aromatic heterocycles. The number of rotatable bonds is 7. The van der Waals surface area contributed by atoms with Gasteiger partial charge in [-0.2, -0.15) is 0 Å². The lowest BCUT2D eigenvalue weighted by Crippen LogP contribution is -2.31. The van der Waals surface area contributed by atoms with Crippen LogP contribution in [-0.2, 0) is 19.6 Å². The SMILES string of the molecule is CC(=C/c1ccccc1)/C=C1\SC(=S)N(CCC(=O)Nc2ccc(S(N)(=O)=O)cc2)C1=O. The zero-order valence-electron chi connectivity index (χ0n) is 17.1. The number of anilines is 1. The van der Waals surface area contributed by atoms with Gasteiger partial charge in [0.25, 0.3) is 5.91 Å². The molecular formula is C22H21N3O4S3. The van der Waals surface area contributed by atoms with E-state index in [0.717, 1.165) is 11.1 Å². The van der Waals surface area contributed by atoms with E-state index in [1.54, 1.807) is 6.08 Å². The van der Waals surface area contributed by atoms with Crippen molar-refractivity contribution in [2.75, 3.05) is 11.9 Å². The molecule has 166 valence electrons. The summed E-state index contributed by atoms with van der Waals surface area (Å²) in [7, 11) is -3.80. The molecule has 1 saturated heterocycles. The number of nitrogens with zero attached hydrogens (tertiary/aromatic N) is 1. The van der Waals surface area contributed by atoms with Crippen LogP contribution in [0.3, 0.4) is 0 Å². The molecule has 0 bridgehead atoms. The van der Waals surface area contributed by atoms with Crippen molar-refractivity contribution in [3.63, 3.8) is 0 Å². The van der Waals surface area contributed by atoms with E-state index in [1.807, 2.05) is 43.3 Å². The second-order valence-corrected chi connectivity index (χ2v) is 10.2. The van der Waals surface area contributed by atoms with Gasteiger partial charge >= 0.3 is 0 Å². The lowest BCUT2D eigenvalue weighted by Gasteiger charge is -2.14. The van der Waals surface area contributed by atoms with Crippen molar-refractivity contribution in [2.24, 2.45) is 5.14 Å². The van der Waals surface area contributed by atoms with Gasteiger partial charge < -0.3 is 5.32 Å². The van der Waals surface area contributed by atoms with E-state index in [9.17, 15) is 18.0 Å². The number of sulfonamides is 1. The zero-order valence-corrected chi connectivity index (χ0v) is 19.6. The Morgan fingerprint density at radius 3 is 2.44 bits per heavy atom. The minimum absolute atomic E-state index is 0.0372. The molecule has 2 aromatic carbocycles. The number of carbonyl (C=O) groups excluding carboxylic acids is 2. The molecule has 32 heavy (non-hydrogen) atoms. The third kappa shape index (κ3) is 6.36. The Bertz CT molecular complexity index is 1200. The van der Waals surface area contributed by atoms with E-state index in [0.29, 0.717) is 14.9 Å². The summed E-state index contributed by atoms with van der Waals surface area (Å²) in [5.74, 6) is -0.558. The van der Waals surface area contributed by atoms with Crippen molar-refractivity contribution >= 4 is 61.9 Å². The molecule has 2 amide bonds. The molecule has 2 aromatic rings. The second-order valence-electron chi connectivity index (χ2n) is 7.00. The maximum atomic E-state index is 12.7. The number of carbonyl (C=O) groups is 2. The van der Waals surface area contributed by atoms with Crippen molar-refractivity contribution in [1.82, 2.24) is 4.90 Å². The summed E-state index contributed by atoms with van der Waals surface area (Å²) in [4.78, 5) is 26.9. The summed E-state index contributed by atoms with van der Waals surface area (Å²) >= 11 is 6.52. The number of nitrogens with two attached hydrogens (primary N) is 1. The molecule has 0 aliphatic carbocycles. The first-order chi connectivity index (χ1) is 15.1. The van der Waals surface area contributed by atoms with Crippen LogP contribution in [0.4, 0.5) is 5.69 Å². The monoisotopic (exact) mass is 487 g/mol. The van der Waals surface area contributed by atoms with Crippen LogP contribution in [0.1, 0.15) is 18.9 Å². The summed E-state index contributed by atoms with van der Waals surface area (Å²) in [6.07, 6.45) is 3.80. The number of benzene rings is 2. The Balaban J connectivity index is 1.58. The van der Waals surface area contributed by atoms with Gasteiger partial charge in [0.1, 0.15) is 4.32 Å². The van der Waals surface area contributed by atoms with Crippen LogP contribution in [0, 0.1) is 0 Å². The molecule has 1 fully saturated rings. The summed E-state index contributed by atoms with van der Waals surface area (Å²) in [5, 5.41) is 7.72. The Kier molecular flexibility index (Phi) is 7.62. The number of nitrogens with one attached hydrogen (secondary N) is 1. The summed E-state index contributed by atoms with van der Waals surface area (Å²) in [6, 6.07) is 15.3. The molecular weight excluding hydrogens is 466 g/mol. The van der Waals surface area contributed by atoms with Crippen LogP contribution >= 0.6 is 24.0 Å². The fourth-order valence-corrected chi connectivity index (χ4v) is 4.79. The van der Waals surface area contributed by atoms with Crippen LogP contribution < -0.4 is 10.5 Å². The summed E-state index contributed by atoms with van der Waals surface area (Å²) < 4.78 is 23.0. The van der Waals surface area contributed by atoms with Gasteiger partial charge in [-0.1, -0.05) is 60.4 Å². The largest absolute Gasteiger partial charge is 0.326 e. The number of hydrogen-bond donors (Lipinski definition) is 2. The first-order valence-electron chi connectivity index (χ1n) is 9.55. The predicted molar refractivity (Wildman–Crippen MR) is 131 cm³/mol. The van der Waals surface area contributed by atoms with Crippen molar-refractivity contribution < 1.29 is 18.0 Å². The van der Waals surface area contributed by atoms with E-state index in [-0.39, 0.29) is 29.7 Å². The highest BCUT2D eigenvalue weighted by molar-refractivity contribution is 8.26. The number of amides is 2. The molecule has 0 spiro atoms. The molecule has 0 atom stereocenters. The Morgan fingerprint density at radius 1 is 1.16 bits per heavy atom. The Morgan fingerprint density at radius 2 is 1.81 bits per heavy atom. The van der Waals surface area contributed by atoms with E-state index >= 15 is 0 Å². The minimum atomic E-state index is -3.80. The molecule has 1 aliphatic rings. The summed E-state index contributed by atoms with van der Waals surface area (Å²) in [6.45, 7) is 2.05. The molecule has 3 rings (SSSR count). The number of primary sulfonamides is 1. The van der Waals surface area contributed by atoms with Gasteiger partial charge in [-0.05, 0) is 48.4 Å². The average Bonchev–Trinajstić information content (AvgIpc) is 2.99. The van der Waals surface area contributed by atoms with Gasteiger partial charge in [0, 0.05) is 18.7 Å². The number of allylic oxidation sites excluding steroid dienone is 2. The first-order valence-corrected chi connectivity index (χ1v) is 12.3. The second kappa shape index (κ2) is 10.2. The van der Waals surface area contributed by atoms with E-state index in [4.69, 9.17) is 17.4 Å². The van der Waals surface area contributed by atoms with Crippen LogP contribution in [0.2, 0.25) is 0 Å². The van der Waals surface area contributed by atoms with Crippen LogP contribution in [-0.4, -0.2) is 36.0 Å². The highest BCUT2D eigenvalue weighted by Gasteiger charge is 2.32. The average molecular weight is 488 g/mol. The number of hydrogen-bond acceptors (Lipinski definition) is 6.